The lowest BCUT2D eigenvalue weighted by atomic mass is 9.90. The molecule has 0 spiro atoms. The Balaban J connectivity index is 1.81. The van der Waals surface area contributed by atoms with Crippen LogP contribution >= 0.6 is 0 Å². The van der Waals surface area contributed by atoms with Gasteiger partial charge in [-0.2, -0.15) is 0 Å². The van der Waals surface area contributed by atoms with E-state index in [1.54, 1.807) is 18.2 Å². The van der Waals surface area contributed by atoms with Gasteiger partial charge in [-0.15, -0.1) is 0 Å². The molecular formula is C25H28N4O5S. The molecule has 1 aliphatic heterocycles. The second-order valence-corrected chi connectivity index (χ2v) is 11.0. The number of phenolic OH excluding ortho intramolecular Hbond substituents is 1. The van der Waals surface area contributed by atoms with Gasteiger partial charge in [0, 0.05) is 23.8 Å². The molecule has 184 valence electrons. The fourth-order valence-corrected chi connectivity index (χ4v) is 5.32. The maximum absolute atomic E-state index is 13.3. The summed E-state index contributed by atoms with van der Waals surface area (Å²) in [6.07, 6.45) is 2.18. The number of benzene rings is 1. The van der Waals surface area contributed by atoms with Crippen LogP contribution in [0.25, 0.3) is 11.3 Å². The van der Waals surface area contributed by atoms with Gasteiger partial charge >= 0.3 is 0 Å². The Morgan fingerprint density at radius 2 is 1.97 bits per heavy atom. The number of H-pyrrole nitrogens is 1. The normalized spacial score (nSPS) is 17.4. The molecule has 1 fully saturated rings. The van der Waals surface area contributed by atoms with Crippen LogP contribution in [0, 0.1) is 12.8 Å². The van der Waals surface area contributed by atoms with Crippen molar-refractivity contribution in [1.29, 1.82) is 0 Å². The van der Waals surface area contributed by atoms with E-state index in [0.29, 0.717) is 29.5 Å². The number of amides is 1. The molecule has 0 aliphatic carbocycles. The van der Waals surface area contributed by atoms with Crippen LogP contribution in [-0.4, -0.2) is 41.5 Å². The third-order valence-corrected chi connectivity index (χ3v) is 8.15. The number of carbonyl (C=O) groups excluding carboxylic acids is 1. The summed E-state index contributed by atoms with van der Waals surface area (Å²) in [6.45, 7) is 8.69. The molecule has 1 unspecified atom stereocenters. The van der Waals surface area contributed by atoms with Crippen molar-refractivity contribution in [2.75, 3.05) is 11.4 Å². The summed E-state index contributed by atoms with van der Waals surface area (Å²) in [4.78, 5) is 33.7. The number of aryl methyl sites for hydroxylation is 1. The number of rotatable bonds is 5. The van der Waals surface area contributed by atoms with Crippen LogP contribution in [0.5, 0.6) is 5.75 Å². The molecule has 1 aliphatic rings. The van der Waals surface area contributed by atoms with Crippen LogP contribution < -0.4 is 15.2 Å². The third-order valence-electron chi connectivity index (χ3n) is 6.79. The predicted octanol–water partition coefficient (Wildman–Crippen LogP) is 3.19. The van der Waals surface area contributed by atoms with Gasteiger partial charge in [0.1, 0.15) is 11.6 Å². The highest BCUT2D eigenvalue weighted by Gasteiger charge is 2.41. The number of anilines is 1. The summed E-state index contributed by atoms with van der Waals surface area (Å²) in [5.41, 5.74) is 0.706. The number of carbonyl (C=O) groups is 1. The summed E-state index contributed by atoms with van der Waals surface area (Å²) in [5.74, 6) is -0.235. The zero-order valence-corrected chi connectivity index (χ0v) is 20.8. The molecule has 0 radical (unpaired) electrons. The first-order valence-corrected chi connectivity index (χ1v) is 12.7. The van der Waals surface area contributed by atoms with Crippen molar-refractivity contribution in [3.63, 3.8) is 0 Å². The SMILES string of the molecule is Cc1ccc(-c2ccc(C(=O)NS(=O)(=O)c3ccc[nH]c3=O)c(N3CCC(C)C3(C)C)n2)c(O)c1. The highest BCUT2D eigenvalue weighted by Crippen LogP contribution is 2.40. The standard InChI is InChI=1S/C25H28N4O5S/c1-15-7-8-17(20(30)14-15)19-10-9-18(22(27-19)29-13-11-16(2)25(29,3)4)23(31)28-35(33,34)21-6-5-12-26-24(21)32/h5-10,12,14,16,30H,11,13H2,1-4H3,(H,26,32)(H,28,31). The Morgan fingerprint density at radius 1 is 1.23 bits per heavy atom. The van der Waals surface area contributed by atoms with E-state index in [9.17, 15) is 23.1 Å². The van der Waals surface area contributed by atoms with Crippen molar-refractivity contribution in [2.24, 2.45) is 5.92 Å². The number of hydrogen-bond acceptors (Lipinski definition) is 7. The van der Waals surface area contributed by atoms with Crippen LogP contribution in [0.4, 0.5) is 5.82 Å². The molecule has 1 atom stereocenters. The van der Waals surface area contributed by atoms with Crippen LogP contribution in [0.1, 0.15) is 43.1 Å². The number of sulfonamides is 1. The minimum atomic E-state index is -4.42. The Bertz CT molecular complexity index is 1460. The number of nitrogens with zero attached hydrogens (tertiary/aromatic N) is 2. The predicted molar refractivity (Wildman–Crippen MR) is 133 cm³/mol. The summed E-state index contributed by atoms with van der Waals surface area (Å²) in [7, 11) is -4.42. The van der Waals surface area contributed by atoms with Gasteiger partial charge in [-0.1, -0.05) is 13.0 Å². The number of aromatic hydroxyl groups is 1. The van der Waals surface area contributed by atoms with E-state index in [-0.39, 0.29) is 16.9 Å². The lowest BCUT2D eigenvalue weighted by Gasteiger charge is -2.36. The highest BCUT2D eigenvalue weighted by molar-refractivity contribution is 7.90. The number of hydrogen-bond donors (Lipinski definition) is 3. The number of aromatic nitrogens is 2. The highest BCUT2D eigenvalue weighted by atomic mass is 32.2. The average Bonchev–Trinajstić information content (AvgIpc) is 3.05. The second kappa shape index (κ2) is 8.84. The smallest absolute Gasteiger partial charge is 0.269 e. The van der Waals surface area contributed by atoms with Crippen molar-refractivity contribution in [1.82, 2.24) is 14.7 Å². The van der Waals surface area contributed by atoms with Crippen molar-refractivity contribution < 1.29 is 18.3 Å². The Labute approximate surface area is 203 Å². The van der Waals surface area contributed by atoms with E-state index in [2.05, 4.69) is 11.9 Å². The Kier molecular flexibility index (Phi) is 6.18. The van der Waals surface area contributed by atoms with Gasteiger partial charge in [0.2, 0.25) is 0 Å². The van der Waals surface area contributed by atoms with Crippen LogP contribution in [0.2, 0.25) is 0 Å². The number of pyridine rings is 2. The number of aromatic amines is 1. The first-order valence-electron chi connectivity index (χ1n) is 11.3. The maximum Gasteiger partial charge on any atom is 0.269 e. The quantitative estimate of drug-likeness (QED) is 0.494. The zero-order chi connectivity index (χ0) is 25.5. The molecule has 3 heterocycles. The monoisotopic (exact) mass is 496 g/mol. The number of phenols is 1. The van der Waals surface area contributed by atoms with E-state index < -0.39 is 26.4 Å². The third kappa shape index (κ3) is 4.53. The molecule has 4 rings (SSSR count). The van der Waals surface area contributed by atoms with Gasteiger partial charge in [-0.05, 0) is 75.1 Å². The van der Waals surface area contributed by atoms with E-state index in [1.807, 2.05) is 36.5 Å². The van der Waals surface area contributed by atoms with Crippen molar-refractivity contribution >= 4 is 21.7 Å². The molecular weight excluding hydrogens is 468 g/mol. The van der Waals surface area contributed by atoms with Gasteiger partial charge in [-0.3, -0.25) is 9.59 Å². The van der Waals surface area contributed by atoms with Gasteiger partial charge in [0.25, 0.3) is 21.5 Å². The molecule has 0 bridgehead atoms. The van der Waals surface area contributed by atoms with E-state index in [4.69, 9.17) is 4.98 Å². The number of nitrogens with one attached hydrogen (secondary N) is 2. The molecule has 1 saturated heterocycles. The first-order chi connectivity index (χ1) is 16.4. The molecule has 9 nitrogen and oxygen atoms in total. The molecule has 3 aromatic rings. The largest absolute Gasteiger partial charge is 0.507 e. The van der Waals surface area contributed by atoms with E-state index >= 15 is 0 Å². The van der Waals surface area contributed by atoms with Crippen LogP contribution in [0.3, 0.4) is 0 Å². The molecule has 1 aromatic carbocycles. The molecule has 2 aromatic heterocycles. The second-order valence-electron chi connectivity index (χ2n) is 9.38. The summed E-state index contributed by atoms with van der Waals surface area (Å²) < 4.78 is 27.6. The average molecular weight is 497 g/mol. The summed E-state index contributed by atoms with van der Waals surface area (Å²) >= 11 is 0. The Hall–Kier alpha value is -3.66. The molecule has 10 heteroatoms. The summed E-state index contributed by atoms with van der Waals surface area (Å²) in [5, 5.41) is 10.5. The van der Waals surface area contributed by atoms with E-state index in [1.165, 1.54) is 18.3 Å². The van der Waals surface area contributed by atoms with Crippen LogP contribution in [-0.2, 0) is 10.0 Å². The van der Waals surface area contributed by atoms with Gasteiger partial charge in [-0.25, -0.2) is 18.1 Å². The zero-order valence-electron chi connectivity index (χ0n) is 20.0. The van der Waals surface area contributed by atoms with Crippen molar-refractivity contribution in [3.8, 4) is 17.0 Å². The first kappa shape index (κ1) is 24.5. The molecule has 3 N–H and O–H groups in total. The molecule has 0 saturated carbocycles. The van der Waals surface area contributed by atoms with Crippen molar-refractivity contribution in [2.45, 2.75) is 44.6 Å². The fourth-order valence-electron chi connectivity index (χ4n) is 4.30. The van der Waals surface area contributed by atoms with Crippen molar-refractivity contribution in [3.05, 3.63) is 70.1 Å². The Morgan fingerprint density at radius 3 is 2.60 bits per heavy atom. The van der Waals surface area contributed by atoms with E-state index in [0.717, 1.165) is 18.1 Å². The van der Waals surface area contributed by atoms with Gasteiger partial charge in [0.15, 0.2) is 4.90 Å². The molecule has 35 heavy (non-hydrogen) atoms. The van der Waals surface area contributed by atoms with Gasteiger partial charge in [0.05, 0.1) is 11.3 Å². The lowest BCUT2D eigenvalue weighted by molar-refractivity contribution is 0.0981. The minimum absolute atomic E-state index is 0.0541. The fraction of sp³-hybridized carbons (Fsp3) is 0.320. The van der Waals surface area contributed by atoms with Crippen LogP contribution in [0.15, 0.2) is 58.4 Å². The lowest BCUT2D eigenvalue weighted by Crippen LogP contribution is -2.44. The summed E-state index contributed by atoms with van der Waals surface area (Å²) in [6, 6.07) is 10.8. The maximum atomic E-state index is 13.3. The topological polar surface area (TPSA) is 132 Å². The van der Waals surface area contributed by atoms with Gasteiger partial charge < -0.3 is 15.0 Å². The minimum Gasteiger partial charge on any atom is -0.507 e. The molecule has 1 amide bonds.